The number of nitrogens with one attached hydrogen (secondary N) is 2. The van der Waals surface area contributed by atoms with E-state index in [2.05, 4.69) is 45.6 Å². The summed E-state index contributed by atoms with van der Waals surface area (Å²) in [4.78, 5) is 8.12. The van der Waals surface area contributed by atoms with Crippen LogP contribution in [-0.4, -0.2) is 35.8 Å². The Balaban J connectivity index is 1.38. The minimum atomic E-state index is 0.273. The molecule has 1 unspecified atom stereocenters. The lowest BCUT2D eigenvalue weighted by atomic mass is 10.1. The number of epoxide rings is 1. The van der Waals surface area contributed by atoms with E-state index in [0.29, 0.717) is 6.61 Å². The SMILES string of the molecule is c1cc(-c2cc3c([nH]2)CCNC3)cc(-c2ccc(OCC3CO3)cc2)n1. The van der Waals surface area contributed by atoms with Crippen molar-refractivity contribution in [2.24, 2.45) is 0 Å². The predicted octanol–water partition coefficient (Wildman–Crippen LogP) is 3.17. The number of H-pyrrole nitrogens is 1. The van der Waals surface area contributed by atoms with E-state index in [1.54, 1.807) is 0 Å². The van der Waals surface area contributed by atoms with Crippen molar-refractivity contribution >= 4 is 0 Å². The lowest BCUT2D eigenvalue weighted by Crippen LogP contribution is -2.22. The number of benzene rings is 1. The maximum atomic E-state index is 5.70. The molecule has 2 aliphatic heterocycles. The second-order valence-electron chi connectivity index (χ2n) is 6.83. The summed E-state index contributed by atoms with van der Waals surface area (Å²) in [5, 5.41) is 3.42. The maximum absolute atomic E-state index is 5.70. The Morgan fingerprint density at radius 2 is 2.00 bits per heavy atom. The third-order valence-corrected chi connectivity index (χ3v) is 4.92. The van der Waals surface area contributed by atoms with Crippen molar-refractivity contribution in [1.82, 2.24) is 15.3 Å². The van der Waals surface area contributed by atoms with E-state index >= 15 is 0 Å². The van der Waals surface area contributed by atoms with Crippen molar-refractivity contribution in [2.75, 3.05) is 19.8 Å². The van der Waals surface area contributed by atoms with Crippen molar-refractivity contribution < 1.29 is 9.47 Å². The summed E-state index contributed by atoms with van der Waals surface area (Å²) >= 11 is 0. The van der Waals surface area contributed by atoms with Crippen LogP contribution in [0, 0.1) is 0 Å². The van der Waals surface area contributed by atoms with Crippen LogP contribution >= 0.6 is 0 Å². The summed E-state index contributed by atoms with van der Waals surface area (Å²) in [6.45, 7) is 3.42. The van der Waals surface area contributed by atoms with Crippen LogP contribution in [-0.2, 0) is 17.7 Å². The Bertz CT molecular complexity index is 890. The number of nitrogens with zero attached hydrogens (tertiary/aromatic N) is 1. The van der Waals surface area contributed by atoms with Crippen LogP contribution in [0.15, 0.2) is 48.7 Å². The Morgan fingerprint density at radius 1 is 1.12 bits per heavy atom. The summed E-state index contributed by atoms with van der Waals surface area (Å²) < 4.78 is 10.9. The number of rotatable bonds is 5. The Kier molecular flexibility index (Phi) is 3.96. The van der Waals surface area contributed by atoms with E-state index in [9.17, 15) is 0 Å². The first-order valence-electron chi connectivity index (χ1n) is 9.08. The van der Waals surface area contributed by atoms with Crippen molar-refractivity contribution in [1.29, 1.82) is 0 Å². The molecular weight excluding hydrogens is 326 g/mol. The summed E-state index contributed by atoms with van der Waals surface area (Å²) in [7, 11) is 0. The van der Waals surface area contributed by atoms with Crippen LogP contribution in [0.4, 0.5) is 0 Å². The van der Waals surface area contributed by atoms with Gasteiger partial charge in [-0.2, -0.15) is 0 Å². The first-order valence-corrected chi connectivity index (χ1v) is 9.08. The van der Waals surface area contributed by atoms with E-state index < -0.39 is 0 Å². The number of fused-ring (bicyclic) bond motifs is 1. The molecule has 2 aliphatic rings. The quantitative estimate of drug-likeness (QED) is 0.696. The first-order chi connectivity index (χ1) is 12.8. The molecule has 0 spiro atoms. The Hall–Kier alpha value is -2.63. The number of pyridine rings is 1. The van der Waals surface area contributed by atoms with Crippen LogP contribution in [0.1, 0.15) is 11.3 Å². The zero-order valence-electron chi connectivity index (χ0n) is 14.5. The van der Waals surface area contributed by atoms with Gasteiger partial charge in [0, 0.05) is 48.2 Å². The first kappa shape index (κ1) is 15.6. The topological polar surface area (TPSA) is 62.5 Å². The molecule has 2 aromatic heterocycles. The van der Waals surface area contributed by atoms with Gasteiger partial charge in [-0.25, -0.2) is 0 Å². The summed E-state index contributed by atoms with van der Waals surface area (Å²) in [6, 6.07) is 14.5. The third kappa shape index (κ3) is 3.23. The zero-order chi connectivity index (χ0) is 17.3. The fourth-order valence-corrected chi connectivity index (χ4v) is 3.34. The van der Waals surface area contributed by atoms with Gasteiger partial charge in [0.2, 0.25) is 0 Å². The van der Waals surface area contributed by atoms with Gasteiger partial charge in [0.05, 0.1) is 12.3 Å². The number of ether oxygens (including phenoxy) is 2. The molecule has 0 amide bonds. The molecule has 4 heterocycles. The maximum Gasteiger partial charge on any atom is 0.119 e. The fraction of sp³-hybridized carbons (Fsp3) is 0.286. The zero-order valence-corrected chi connectivity index (χ0v) is 14.5. The smallest absolute Gasteiger partial charge is 0.119 e. The van der Waals surface area contributed by atoms with Crippen LogP contribution in [0.5, 0.6) is 5.75 Å². The van der Waals surface area contributed by atoms with Crippen molar-refractivity contribution in [2.45, 2.75) is 19.1 Å². The second-order valence-corrected chi connectivity index (χ2v) is 6.83. The molecule has 3 aromatic rings. The Labute approximate surface area is 152 Å². The van der Waals surface area contributed by atoms with E-state index in [-0.39, 0.29) is 6.10 Å². The average molecular weight is 347 g/mol. The van der Waals surface area contributed by atoms with E-state index in [1.807, 2.05) is 18.3 Å². The van der Waals surface area contributed by atoms with E-state index in [1.165, 1.54) is 11.3 Å². The van der Waals surface area contributed by atoms with Crippen LogP contribution in [0.2, 0.25) is 0 Å². The van der Waals surface area contributed by atoms with Crippen molar-refractivity contribution in [3.8, 4) is 28.3 Å². The molecule has 1 saturated heterocycles. The lowest BCUT2D eigenvalue weighted by molar-refractivity contribution is 0.263. The van der Waals surface area contributed by atoms with Gasteiger partial charge in [0.1, 0.15) is 18.5 Å². The van der Waals surface area contributed by atoms with Gasteiger partial charge >= 0.3 is 0 Å². The summed E-state index contributed by atoms with van der Waals surface area (Å²) in [5.74, 6) is 0.866. The van der Waals surface area contributed by atoms with Gasteiger partial charge in [0.15, 0.2) is 0 Å². The van der Waals surface area contributed by atoms with Gasteiger partial charge in [-0.1, -0.05) is 0 Å². The van der Waals surface area contributed by atoms with E-state index in [4.69, 9.17) is 9.47 Å². The Morgan fingerprint density at radius 3 is 2.81 bits per heavy atom. The van der Waals surface area contributed by atoms with Gasteiger partial charge in [-0.05, 0) is 48.0 Å². The molecule has 1 fully saturated rings. The number of aromatic nitrogens is 2. The van der Waals surface area contributed by atoms with Crippen molar-refractivity contribution in [3.05, 3.63) is 59.9 Å². The molecule has 5 rings (SSSR count). The highest BCUT2D eigenvalue weighted by atomic mass is 16.6. The monoisotopic (exact) mass is 347 g/mol. The second kappa shape index (κ2) is 6.59. The van der Waals surface area contributed by atoms with Gasteiger partial charge in [-0.3, -0.25) is 4.98 Å². The molecule has 2 N–H and O–H groups in total. The highest BCUT2D eigenvalue weighted by molar-refractivity contribution is 5.69. The van der Waals surface area contributed by atoms with E-state index in [0.717, 1.165) is 54.4 Å². The summed E-state index contributed by atoms with van der Waals surface area (Å²) in [5.41, 5.74) is 7.08. The minimum Gasteiger partial charge on any atom is -0.491 e. The molecule has 5 nitrogen and oxygen atoms in total. The molecule has 5 heteroatoms. The molecule has 132 valence electrons. The number of aromatic amines is 1. The predicted molar refractivity (Wildman–Crippen MR) is 100 cm³/mol. The van der Waals surface area contributed by atoms with Gasteiger partial charge in [0.25, 0.3) is 0 Å². The molecule has 0 saturated carbocycles. The molecule has 26 heavy (non-hydrogen) atoms. The average Bonchev–Trinajstić information content (AvgIpc) is 3.43. The highest BCUT2D eigenvalue weighted by Gasteiger charge is 2.23. The highest BCUT2D eigenvalue weighted by Crippen LogP contribution is 2.28. The van der Waals surface area contributed by atoms with Gasteiger partial charge < -0.3 is 19.8 Å². The van der Waals surface area contributed by atoms with Crippen molar-refractivity contribution in [3.63, 3.8) is 0 Å². The molecule has 0 bridgehead atoms. The van der Waals surface area contributed by atoms with Crippen LogP contribution < -0.4 is 10.1 Å². The molecule has 0 radical (unpaired) electrons. The third-order valence-electron chi connectivity index (χ3n) is 4.92. The van der Waals surface area contributed by atoms with Crippen LogP contribution in [0.25, 0.3) is 22.5 Å². The number of hydrogen-bond acceptors (Lipinski definition) is 4. The molecule has 0 aliphatic carbocycles. The minimum absolute atomic E-state index is 0.273. The molecule has 1 atom stereocenters. The van der Waals surface area contributed by atoms with Crippen LogP contribution in [0.3, 0.4) is 0 Å². The normalized spacial score (nSPS) is 18.4. The molecule has 1 aromatic carbocycles. The van der Waals surface area contributed by atoms with Gasteiger partial charge in [-0.15, -0.1) is 0 Å². The fourth-order valence-electron chi connectivity index (χ4n) is 3.34. The summed E-state index contributed by atoms with van der Waals surface area (Å²) in [6.07, 6.45) is 3.20. The lowest BCUT2D eigenvalue weighted by Gasteiger charge is -2.11. The number of hydrogen-bond donors (Lipinski definition) is 2. The standard InChI is InChI=1S/C21H21N3O2/c1-3-17(25-12-18-13-26-18)4-2-14(1)20-9-15(5-8-23-20)21-10-16-11-22-7-6-19(16)24-21/h1-5,8-10,18,22,24H,6-7,11-13H2. The largest absolute Gasteiger partial charge is 0.491 e. The molecular formula is C21H21N3O2.